The van der Waals surface area contributed by atoms with Crippen LogP contribution in [0.5, 0.6) is 0 Å². The Morgan fingerprint density at radius 1 is 0.615 bits per heavy atom. The number of hydrogen-bond donors (Lipinski definition) is 1. The fourth-order valence-corrected chi connectivity index (χ4v) is 5.41. The summed E-state index contributed by atoms with van der Waals surface area (Å²) in [6.45, 7) is 0.548. The molecule has 0 saturated heterocycles. The van der Waals surface area contributed by atoms with E-state index in [9.17, 15) is 4.57 Å². The molecule has 128 valence electrons. The first-order chi connectivity index (χ1) is 12.8. The molecule has 0 amide bonds. The Balaban J connectivity index is 1.68. The third-order valence-electron chi connectivity index (χ3n) is 4.56. The second kappa shape index (κ2) is 7.29. The van der Waals surface area contributed by atoms with E-state index in [1.165, 1.54) is 10.8 Å². The first kappa shape index (κ1) is 16.8. The number of hydrogen-bond acceptors (Lipinski definition) is 1. The van der Waals surface area contributed by atoms with Crippen LogP contribution in [0.2, 0.25) is 0 Å². The van der Waals surface area contributed by atoms with Crippen LogP contribution in [0.15, 0.2) is 103 Å². The van der Waals surface area contributed by atoms with E-state index in [0.29, 0.717) is 6.54 Å². The molecule has 4 aromatic carbocycles. The van der Waals surface area contributed by atoms with Gasteiger partial charge in [-0.25, -0.2) is 0 Å². The zero-order chi connectivity index (χ0) is 17.8. The standard InChI is InChI=1S/C23H20NOP/c25-26(22-11-3-1-4-12-22,23-13-5-2-6-14-23)24-18-19-15-16-20-9-7-8-10-21(20)17-19/h1-17H,18H2,(H,24,25). The zero-order valence-corrected chi connectivity index (χ0v) is 15.3. The van der Waals surface area contributed by atoms with Gasteiger partial charge in [-0.15, -0.1) is 0 Å². The third kappa shape index (κ3) is 3.35. The summed E-state index contributed by atoms with van der Waals surface area (Å²) in [6.07, 6.45) is 0. The number of nitrogens with one attached hydrogen (secondary N) is 1. The Morgan fingerprint density at radius 2 is 1.15 bits per heavy atom. The molecule has 2 nitrogen and oxygen atoms in total. The maximum Gasteiger partial charge on any atom is 0.204 e. The van der Waals surface area contributed by atoms with Crippen LogP contribution in [0.3, 0.4) is 0 Å². The lowest BCUT2D eigenvalue weighted by Crippen LogP contribution is -2.27. The van der Waals surface area contributed by atoms with Gasteiger partial charge in [0.2, 0.25) is 7.29 Å². The van der Waals surface area contributed by atoms with Crippen LogP contribution in [-0.4, -0.2) is 0 Å². The SMILES string of the molecule is O=P(NCc1ccc2ccccc2c1)(c1ccccc1)c1ccccc1. The fourth-order valence-electron chi connectivity index (χ4n) is 3.16. The van der Waals surface area contributed by atoms with Crippen molar-refractivity contribution in [1.82, 2.24) is 5.09 Å². The molecule has 0 aromatic heterocycles. The van der Waals surface area contributed by atoms with Gasteiger partial charge in [-0.2, -0.15) is 0 Å². The summed E-state index contributed by atoms with van der Waals surface area (Å²) in [6, 6.07) is 34.0. The smallest absolute Gasteiger partial charge is 0.204 e. The van der Waals surface area contributed by atoms with E-state index in [0.717, 1.165) is 16.2 Å². The maximum atomic E-state index is 13.9. The number of benzene rings is 4. The lowest BCUT2D eigenvalue weighted by atomic mass is 10.1. The molecule has 1 N–H and O–H groups in total. The second-order valence-electron chi connectivity index (χ2n) is 6.30. The van der Waals surface area contributed by atoms with Crippen LogP contribution in [0, 0.1) is 0 Å². The van der Waals surface area contributed by atoms with Crippen molar-refractivity contribution in [2.75, 3.05) is 0 Å². The van der Waals surface area contributed by atoms with E-state index >= 15 is 0 Å². The molecule has 0 aliphatic carbocycles. The fraction of sp³-hybridized carbons (Fsp3) is 0.0435. The van der Waals surface area contributed by atoms with Crippen LogP contribution in [0.4, 0.5) is 0 Å². The monoisotopic (exact) mass is 357 g/mol. The third-order valence-corrected chi connectivity index (χ3v) is 7.21. The highest BCUT2D eigenvalue weighted by molar-refractivity contribution is 7.76. The summed E-state index contributed by atoms with van der Waals surface area (Å²) >= 11 is 0. The van der Waals surface area contributed by atoms with Crippen LogP contribution < -0.4 is 15.7 Å². The Morgan fingerprint density at radius 3 is 1.77 bits per heavy atom. The molecule has 0 aliphatic heterocycles. The largest absolute Gasteiger partial charge is 0.297 e. The summed E-state index contributed by atoms with van der Waals surface area (Å²) in [5.74, 6) is 0. The molecule has 0 unspecified atom stereocenters. The minimum atomic E-state index is -2.90. The van der Waals surface area contributed by atoms with Crippen LogP contribution >= 0.6 is 7.29 Å². The van der Waals surface area contributed by atoms with E-state index in [1.54, 1.807) is 0 Å². The van der Waals surface area contributed by atoms with Gasteiger partial charge in [-0.1, -0.05) is 72.8 Å². The van der Waals surface area contributed by atoms with Gasteiger partial charge in [0.25, 0.3) is 0 Å². The van der Waals surface area contributed by atoms with E-state index in [1.807, 2.05) is 72.8 Å². The van der Waals surface area contributed by atoms with Gasteiger partial charge in [0.1, 0.15) is 0 Å². The van der Waals surface area contributed by atoms with Gasteiger partial charge in [0, 0.05) is 17.2 Å². The average Bonchev–Trinajstić information content (AvgIpc) is 2.73. The predicted octanol–water partition coefficient (Wildman–Crippen LogP) is 4.86. The van der Waals surface area contributed by atoms with Gasteiger partial charge >= 0.3 is 0 Å². The lowest BCUT2D eigenvalue weighted by Gasteiger charge is -2.21. The van der Waals surface area contributed by atoms with E-state index in [2.05, 4.69) is 35.4 Å². The molecular formula is C23H20NOP. The molecule has 0 radical (unpaired) electrons. The summed E-state index contributed by atoms with van der Waals surface area (Å²) in [7, 11) is -2.90. The van der Waals surface area contributed by atoms with Crippen molar-refractivity contribution < 1.29 is 4.57 Å². The van der Waals surface area contributed by atoms with Crippen molar-refractivity contribution in [2.45, 2.75) is 6.54 Å². The zero-order valence-electron chi connectivity index (χ0n) is 14.4. The molecule has 0 fully saturated rings. The number of fused-ring (bicyclic) bond motifs is 1. The summed E-state index contributed by atoms with van der Waals surface area (Å²) in [5, 5.41) is 7.43. The molecule has 26 heavy (non-hydrogen) atoms. The van der Waals surface area contributed by atoms with Crippen molar-refractivity contribution >= 4 is 28.7 Å². The first-order valence-corrected chi connectivity index (χ1v) is 10.4. The first-order valence-electron chi connectivity index (χ1n) is 8.70. The van der Waals surface area contributed by atoms with E-state index in [-0.39, 0.29) is 0 Å². The Labute approximate surface area is 153 Å². The molecule has 4 rings (SSSR count). The van der Waals surface area contributed by atoms with Crippen molar-refractivity contribution in [2.24, 2.45) is 0 Å². The normalized spacial score (nSPS) is 11.5. The molecule has 3 heteroatoms. The minimum absolute atomic E-state index is 0.548. The quantitative estimate of drug-likeness (QED) is 0.517. The molecular weight excluding hydrogens is 337 g/mol. The number of rotatable bonds is 5. The van der Waals surface area contributed by atoms with E-state index in [4.69, 9.17) is 0 Å². The summed E-state index contributed by atoms with van der Waals surface area (Å²) in [4.78, 5) is 0. The minimum Gasteiger partial charge on any atom is -0.297 e. The molecule has 4 aromatic rings. The Hall–Kier alpha value is -2.67. The summed E-state index contributed by atoms with van der Waals surface area (Å²) in [5.41, 5.74) is 1.12. The molecule has 0 spiro atoms. The van der Waals surface area contributed by atoms with Crippen LogP contribution in [0.1, 0.15) is 5.56 Å². The van der Waals surface area contributed by atoms with Crippen molar-refractivity contribution in [3.05, 3.63) is 109 Å². The van der Waals surface area contributed by atoms with Gasteiger partial charge in [0.15, 0.2) is 0 Å². The van der Waals surface area contributed by atoms with Crippen molar-refractivity contribution in [3.8, 4) is 0 Å². The lowest BCUT2D eigenvalue weighted by molar-refractivity contribution is 0.578. The molecule has 0 heterocycles. The Kier molecular flexibility index (Phi) is 4.71. The highest BCUT2D eigenvalue weighted by atomic mass is 31.2. The van der Waals surface area contributed by atoms with Crippen LogP contribution in [-0.2, 0) is 11.1 Å². The van der Waals surface area contributed by atoms with E-state index < -0.39 is 7.29 Å². The second-order valence-corrected chi connectivity index (χ2v) is 8.86. The highest BCUT2D eigenvalue weighted by Gasteiger charge is 2.26. The summed E-state index contributed by atoms with van der Waals surface area (Å²) < 4.78 is 13.9. The van der Waals surface area contributed by atoms with Crippen molar-refractivity contribution in [1.29, 1.82) is 0 Å². The predicted molar refractivity (Wildman–Crippen MR) is 111 cm³/mol. The highest BCUT2D eigenvalue weighted by Crippen LogP contribution is 2.39. The molecule has 0 bridgehead atoms. The van der Waals surface area contributed by atoms with Gasteiger partial charge in [-0.3, -0.25) is 9.65 Å². The van der Waals surface area contributed by atoms with Crippen molar-refractivity contribution in [3.63, 3.8) is 0 Å². The average molecular weight is 357 g/mol. The Bertz CT molecular complexity index is 1020. The molecule has 0 atom stereocenters. The van der Waals surface area contributed by atoms with Gasteiger partial charge in [0.05, 0.1) is 0 Å². The molecule has 0 saturated carbocycles. The topological polar surface area (TPSA) is 29.1 Å². The molecule has 0 aliphatic rings. The maximum absolute atomic E-state index is 13.9. The van der Waals surface area contributed by atoms with Crippen LogP contribution in [0.25, 0.3) is 10.8 Å². The van der Waals surface area contributed by atoms with Gasteiger partial charge in [-0.05, 0) is 46.7 Å². The van der Waals surface area contributed by atoms with Gasteiger partial charge < -0.3 is 0 Å².